The largest absolute Gasteiger partial charge is 0.325 e. The number of unbranched alkanes of at least 4 members (excludes halogenated alkanes) is 1. The summed E-state index contributed by atoms with van der Waals surface area (Å²) in [6.45, 7) is 2.06. The highest BCUT2D eigenvalue weighted by Gasteiger charge is 2.31. The van der Waals surface area contributed by atoms with Gasteiger partial charge in [-0.2, -0.15) is 0 Å². The third-order valence-corrected chi connectivity index (χ3v) is 3.04. The van der Waals surface area contributed by atoms with E-state index in [1.807, 2.05) is 0 Å². The quantitative estimate of drug-likeness (QED) is 0.643. The van der Waals surface area contributed by atoms with Crippen LogP contribution in [0.1, 0.15) is 37.7 Å². The smallest absolute Gasteiger partial charge is 0.269 e. The number of rotatable bonds is 4. The summed E-state index contributed by atoms with van der Waals surface area (Å²) in [5, 5.41) is 13.5. The molecule has 2 rings (SSSR count). The summed E-state index contributed by atoms with van der Waals surface area (Å²) in [7, 11) is 0. The fourth-order valence-corrected chi connectivity index (χ4v) is 2.12. The third kappa shape index (κ3) is 2.13. The Labute approximate surface area is 99.0 Å². The second kappa shape index (κ2) is 4.53. The lowest BCUT2D eigenvalue weighted by molar-refractivity contribution is -0.384. The molecule has 0 aromatic heterocycles. The lowest BCUT2D eigenvalue weighted by atomic mass is 9.95. The van der Waals surface area contributed by atoms with Crippen molar-refractivity contribution in [2.75, 3.05) is 5.32 Å². The number of carbonyl (C=O) groups excluding carboxylic acids is 1. The van der Waals surface area contributed by atoms with Gasteiger partial charge in [0.2, 0.25) is 5.91 Å². The first-order chi connectivity index (χ1) is 8.13. The normalized spacial score (nSPS) is 17.7. The maximum Gasteiger partial charge on any atom is 0.269 e. The molecule has 90 valence electrons. The molecule has 5 heteroatoms. The van der Waals surface area contributed by atoms with Crippen molar-refractivity contribution in [2.24, 2.45) is 0 Å². The number of anilines is 1. The first kappa shape index (κ1) is 11.6. The molecule has 1 aromatic carbocycles. The Balaban J connectivity index is 2.32. The van der Waals surface area contributed by atoms with Gasteiger partial charge in [-0.25, -0.2) is 0 Å². The molecule has 1 aromatic rings. The second-order valence-electron chi connectivity index (χ2n) is 4.21. The van der Waals surface area contributed by atoms with Gasteiger partial charge in [0.15, 0.2) is 0 Å². The molecule has 17 heavy (non-hydrogen) atoms. The van der Waals surface area contributed by atoms with E-state index in [9.17, 15) is 14.9 Å². The van der Waals surface area contributed by atoms with Gasteiger partial charge in [-0.3, -0.25) is 14.9 Å². The molecule has 1 heterocycles. The van der Waals surface area contributed by atoms with Crippen LogP contribution in [0.4, 0.5) is 11.4 Å². The van der Waals surface area contributed by atoms with Crippen molar-refractivity contribution in [2.45, 2.75) is 32.1 Å². The van der Waals surface area contributed by atoms with E-state index in [-0.39, 0.29) is 17.5 Å². The fraction of sp³-hybridized carbons (Fsp3) is 0.417. The lowest BCUT2D eigenvalue weighted by Gasteiger charge is -2.06. The first-order valence-electron chi connectivity index (χ1n) is 5.72. The van der Waals surface area contributed by atoms with E-state index >= 15 is 0 Å². The predicted octanol–water partition coefficient (Wildman–Crippen LogP) is 2.82. The van der Waals surface area contributed by atoms with Crippen LogP contribution in [0.5, 0.6) is 0 Å². The Morgan fingerprint density at radius 3 is 2.88 bits per heavy atom. The van der Waals surface area contributed by atoms with Gasteiger partial charge >= 0.3 is 0 Å². The predicted molar refractivity (Wildman–Crippen MR) is 64.0 cm³/mol. The Morgan fingerprint density at radius 2 is 2.24 bits per heavy atom. The second-order valence-corrected chi connectivity index (χ2v) is 4.21. The van der Waals surface area contributed by atoms with Gasteiger partial charge < -0.3 is 5.32 Å². The van der Waals surface area contributed by atoms with Gasteiger partial charge in [0.25, 0.3) is 5.69 Å². The minimum atomic E-state index is -0.431. The average Bonchev–Trinajstić information content (AvgIpc) is 2.61. The number of carbonyl (C=O) groups is 1. The highest BCUT2D eigenvalue weighted by Crippen LogP contribution is 2.37. The minimum absolute atomic E-state index is 0.0433. The van der Waals surface area contributed by atoms with E-state index in [4.69, 9.17) is 0 Å². The number of fused-ring (bicyclic) bond motifs is 1. The fourth-order valence-electron chi connectivity index (χ4n) is 2.12. The van der Waals surface area contributed by atoms with Crippen LogP contribution < -0.4 is 5.32 Å². The summed E-state index contributed by atoms with van der Waals surface area (Å²) >= 11 is 0. The zero-order chi connectivity index (χ0) is 12.4. The van der Waals surface area contributed by atoms with Crippen LogP contribution in [0.25, 0.3) is 0 Å². The highest BCUT2D eigenvalue weighted by atomic mass is 16.6. The molecule has 0 saturated carbocycles. The molecule has 0 saturated heterocycles. The molecular weight excluding hydrogens is 220 g/mol. The van der Waals surface area contributed by atoms with Crippen LogP contribution in [-0.2, 0) is 4.79 Å². The molecule has 1 aliphatic rings. The van der Waals surface area contributed by atoms with Gasteiger partial charge in [-0.05, 0) is 18.1 Å². The number of nitro groups is 1. The molecule has 1 N–H and O–H groups in total. The number of nitrogens with zero attached hydrogens (tertiary/aromatic N) is 1. The molecule has 0 bridgehead atoms. The van der Waals surface area contributed by atoms with Crippen LogP contribution in [0.2, 0.25) is 0 Å². The summed E-state index contributed by atoms with van der Waals surface area (Å²) in [6, 6.07) is 4.53. The number of non-ortho nitro benzene ring substituents is 1. The van der Waals surface area contributed by atoms with Crippen molar-refractivity contribution in [3.8, 4) is 0 Å². The van der Waals surface area contributed by atoms with E-state index in [1.54, 1.807) is 6.07 Å². The Kier molecular flexibility index (Phi) is 3.08. The molecule has 0 aliphatic carbocycles. The number of nitro benzene ring substituents is 1. The van der Waals surface area contributed by atoms with Crippen molar-refractivity contribution < 1.29 is 9.72 Å². The number of benzene rings is 1. The molecular formula is C12H14N2O3. The summed E-state index contributed by atoms with van der Waals surface area (Å²) in [5.41, 5.74) is 1.51. The van der Waals surface area contributed by atoms with Crippen molar-refractivity contribution in [1.82, 2.24) is 0 Å². The molecule has 0 spiro atoms. The van der Waals surface area contributed by atoms with Crippen LogP contribution in [0.3, 0.4) is 0 Å². The van der Waals surface area contributed by atoms with Gasteiger partial charge in [-0.1, -0.05) is 19.8 Å². The van der Waals surface area contributed by atoms with Gasteiger partial charge in [0.1, 0.15) is 0 Å². The Hall–Kier alpha value is -1.91. The maximum absolute atomic E-state index is 11.7. The van der Waals surface area contributed by atoms with Crippen molar-refractivity contribution in [3.63, 3.8) is 0 Å². The molecule has 5 nitrogen and oxygen atoms in total. The SMILES string of the molecule is CCCCC1C(=O)Nc2ccc([N+](=O)[O-])cc21. The van der Waals surface area contributed by atoms with Gasteiger partial charge in [0, 0.05) is 17.8 Å². The topological polar surface area (TPSA) is 72.2 Å². The summed E-state index contributed by atoms with van der Waals surface area (Å²) < 4.78 is 0. The zero-order valence-corrected chi connectivity index (χ0v) is 9.60. The van der Waals surface area contributed by atoms with Crippen molar-refractivity contribution >= 4 is 17.3 Å². The number of nitrogens with one attached hydrogen (secondary N) is 1. The van der Waals surface area contributed by atoms with E-state index in [2.05, 4.69) is 12.2 Å². The van der Waals surface area contributed by atoms with Crippen LogP contribution in [0.15, 0.2) is 18.2 Å². The molecule has 1 atom stereocenters. The molecule has 1 aliphatic heterocycles. The van der Waals surface area contributed by atoms with Crippen LogP contribution >= 0.6 is 0 Å². The van der Waals surface area contributed by atoms with Crippen molar-refractivity contribution in [3.05, 3.63) is 33.9 Å². The third-order valence-electron chi connectivity index (χ3n) is 3.04. The summed E-state index contributed by atoms with van der Waals surface area (Å²) in [5.74, 6) is -0.279. The number of amides is 1. The van der Waals surface area contributed by atoms with Crippen molar-refractivity contribution in [1.29, 1.82) is 0 Å². The standard InChI is InChI=1S/C12H14N2O3/c1-2-3-4-9-10-7-8(14(16)17)5-6-11(10)13-12(9)15/h5-7,9H,2-4H2,1H3,(H,13,15). The Bertz CT molecular complexity index is 471. The van der Waals surface area contributed by atoms with E-state index in [0.29, 0.717) is 5.69 Å². The molecule has 1 unspecified atom stereocenters. The Morgan fingerprint density at radius 1 is 1.47 bits per heavy atom. The monoisotopic (exact) mass is 234 g/mol. The van der Waals surface area contributed by atoms with Gasteiger partial charge in [-0.15, -0.1) is 0 Å². The number of hydrogen-bond acceptors (Lipinski definition) is 3. The number of hydrogen-bond donors (Lipinski definition) is 1. The van der Waals surface area contributed by atoms with E-state index in [0.717, 1.165) is 24.8 Å². The maximum atomic E-state index is 11.7. The molecule has 0 radical (unpaired) electrons. The first-order valence-corrected chi connectivity index (χ1v) is 5.72. The molecule has 0 fully saturated rings. The van der Waals surface area contributed by atoms with E-state index in [1.165, 1.54) is 12.1 Å². The van der Waals surface area contributed by atoms with Crippen LogP contribution in [0, 0.1) is 10.1 Å². The van der Waals surface area contributed by atoms with Gasteiger partial charge in [0.05, 0.1) is 10.8 Å². The summed E-state index contributed by atoms with van der Waals surface area (Å²) in [6.07, 6.45) is 2.70. The average molecular weight is 234 g/mol. The highest BCUT2D eigenvalue weighted by molar-refractivity contribution is 6.03. The summed E-state index contributed by atoms with van der Waals surface area (Å²) in [4.78, 5) is 22.0. The minimum Gasteiger partial charge on any atom is -0.325 e. The van der Waals surface area contributed by atoms with Crippen LogP contribution in [-0.4, -0.2) is 10.8 Å². The van der Waals surface area contributed by atoms with E-state index < -0.39 is 4.92 Å². The zero-order valence-electron chi connectivity index (χ0n) is 9.60. The lowest BCUT2D eigenvalue weighted by Crippen LogP contribution is -2.11. The molecule has 1 amide bonds.